The Kier molecular flexibility index (Phi) is 5.22. The normalized spacial score (nSPS) is 23.5. The van der Waals surface area contributed by atoms with Crippen LogP contribution < -0.4 is 5.32 Å². The van der Waals surface area contributed by atoms with Crippen molar-refractivity contribution in [2.24, 2.45) is 5.41 Å². The first-order valence-corrected chi connectivity index (χ1v) is 7.03. The zero-order valence-electron chi connectivity index (χ0n) is 13.3. The fraction of sp³-hybridized carbons (Fsp3) is 0.857. The molecule has 0 aromatic carbocycles. The average molecular weight is 302 g/mol. The molecule has 21 heavy (non-hydrogen) atoms. The number of carbonyl (C=O) groups is 2. The van der Waals surface area contributed by atoms with Crippen molar-refractivity contribution in [3.63, 3.8) is 0 Å². The minimum atomic E-state index is -1.07. The highest BCUT2D eigenvalue weighted by atomic mass is 16.5. The lowest BCUT2D eigenvalue weighted by Gasteiger charge is -2.42. The number of aliphatic carboxylic acids is 1. The van der Waals surface area contributed by atoms with Crippen molar-refractivity contribution in [3.05, 3.63) is 0 Å². The largest absolute Gasteiger partial charge is 0.480 e. The van der Waals surface area contributed by atoms with E-state index in [-0.39, 0.29) is 13.2 Å². The monoisotopic (exact) mass is 302 g/mol. The van der Waals surface area contributed by atoms with Gasteiger partial charge in [0.2, 0.25) is 0 Å². The molecule has 0 aromatic rings. The van der Waals surface area contributed by atoms with Crippen LogP contribution in [0, 0.1) is 5.41 Å². The molecule has 122 valence electrons. The number of carbonyl (C=O) groups excluding carboxylic acids is 1. The van der Waals surface area contributed by atoms with E-state index < -0.39 is 35.2 Å². The topological polar surface area (TPSA) is 99.1 Å². The Morgan fingerprint density at radius 3 is 2.43 bits per heavy atom. The number of amides is 2. The molecule has 1 aliphatic rings. The number of aliphatic hydroxyl groups is 1. The molecule has 7 heteroatoms. The molecule has 3 N–H and O–H groups in total. The van der Waals surface area contributed by atoms with Gasteiger partial charge < -0.3 is 25.2 Å². The lowest BCUT2D eigenvalue weighted by molar-refractivity contribution is -0.143. The summed E-state index contributed by atoms with van der Waals surface area (Å²) < 4.78 is 5.64. The highest BCUT2D eigenvalue weighted by molar-refractivity contribution is 5.83. The number of hydrogen-bond donors (Lipinski definition) is 3. The third-order valence-electron chi connectivity index (χ3n) is 3.35. The van der Waals surface area contributed by atoms with E-state index in [9.17, 15) is 19.8 Å². The molecule has 1 heterocycles. The summed E-state index contributed by atoms with van der Waals surface area (Å²) in [6.07, 6.45) is -0.461. The zero-order valence-corrected chi connectivity index (χ0v) is 13.3. The van der Waals surface area contributed by atoms with Crippen molar-refractivity contribution in [2.75, 3.05) is 19.7 Å². The molecular formula is C14H26N2O5. The molecule has 1 rings (SSSR count). The van der Waals surface area contributed by atoms with Crippen LogP contribution in [0.4, 0.5) is 4.79 Å². The van der Waals surface area contributed by atoms with Gasteiger partial charge in [0.05, 0.1) is 31.4 Å². The first kappa shape index (κ1) is 17.7. The Labute approximate surface area is 125 Å². The van der Waals surface area contributed by atoms with Gasteiger partial charge in [0.1, 0.15) is 6.04 Å². The van der Waals surface area contributed by atoms with Gasteiger partial charge in [-0.15, -0.1) is 0 Å². The SMILES string of the molecule is CC1(C)CN(C(=O)NC(C(=O)O)C(C)(C)C)CC(CO)O1. The zero-order chi connectivity index (χ0) is 16.4. The van der Waals surface area contributed by atoms with E-state index in [0.717, 1.165) is 0 Å². The summed E-state index contributed by atoms with van der Waals surface area (Å²) in [6.45, 7) is 9.31. The molecule has 1 fully saturated rings. The maximum atomic E-state index is 12.3. The highest BCUT2D eigenvalue weighted by Gasteiger charge is 2.38. The summed E-state index contributed by atoms with van der Waals surface area (Å²) in [4.78, 5) is 25.1. The molecule has 2 atom stereocenters. The molecule has 0 radical (unpaired) electrons. The summed E-state index contributed by atoms with van der Waals surface area (Å²) in [7, 11) is 0. The summed E-state index contributed by atoms with van der Waals surface area (Å²) >= 11 is 0. The average Bonchev–Trinajstić information content (AvgIpc) is 2.31. The fourth-order valence-electron chi connectivity index (χ4n) is 2.41. The lowest BCUT2D eigenvalue weighted by atomic mass is 9.87. The van der Waals surface area contributed by atoms with Gasteiger partial charge in [-0.05, 0) is 19.3 Å². The molecule has 0 saturated carbocycles. The van der Waals surface area contributed by atoms with Crippen LogP contribution in [0.2, 0.25) is 0 Å². The van der Waals surface area contributed by atoms with Crippen LogP contribution in [0.1, 0.15) is 34.6 Å². The number of carboxylic acids is 1. The minimum Gasteiger partial charge on any atom is -0.480 e. The minimum absolute atomic E-state index is 0.186. The van der Waals surface area contributed by atoms with Crippen molar-refractivity contribution in [2.45, 2.75) is 52.4 Å². The third kappa shape index (κ3) is 4.86. The Morgan fingerprint density at radius 1 is 1.43 bits per heavy atom. The van der Waals surface area contributed by atoms with Gasteiger partial charge in [0.25, 0.3) is 0 Å². The van der Waals surface area contributed by atoms with E-state index in [1.165, 1.54) is 4.90 Å². The third-order valence-corrected chi connectivity index (χ3v) is 3.35. The molecule has 1 saturated heterocycles. The number of rotatable bonds is 3. The van der Waals surface area contributed by atoms with Crippen LogP contribution in [0.15, 0.2) is 0 Å². The quantitative estimate of drug-likeness (QED) is 0.711. The summed E-state index contributed by atoms with van der Waals surface area (Å²) in [5.41, 5.74) is -1.18. The second kappa shape index (κ2) is 6.19. The van der Waals surface area contributed by atoms with Crippen molar-refractivity contribution in [1.29, 1.82) is 0 Å². The van der Waals surface area contributed by atoms with E-state index in [4.69, 9.17) is 4.74 Å². The highest BCUT2D eigenvalue weighted by Crippen LogP contribution is 2.23. The van der Waals surface area contributed by atoms with Crippen molar-refractivity contribution in [1.82, 2.24) is 10.2 Å². The maximum absolute atomic E-state index is 12.3. The van der Waals surface area contributed by atoms with E-state index in [1.54, 1.807) is 20.8 Å². The van der Waals surface area contributed by atoms with Crippen molar-refractivity contribution in [3.8, 4) is 0 Å². The van der Waals surface area contributed by atoms with Crippen LogP contribution in [0.5, 0.6) is 0 Å². The summed E-state index contributed by atoms with van der Waals surface area (Å²) in [5.74, 6) is -1.07. The number of hydrogen-bond acceptors (Lipinski definition) is 4. The number of ether oxygens (including phenoxy) is 1. The predicted octanol–water partition coefficient (Wildman–Crippen LogP) is 0.667. The van der Waals surface area contributed by atoms with E-state index >= 15 is 0 Å². The molecule has 2 amide bonds. The van der Waals surface area contributed by atoms with Crippen LogP contribution in [0.25, 0.3) is 0 Å². The van der Waals surface area contributed by atoms with Gasteiger partial charge in [0.15, 0.2) is 0 Å². The number of carboxylic acid groups (broad SMARTS) is 1. The number of urea groups is 1. The molecule has 7 nitrogen and oxygen atoms in total. The summed E-state index contributed by atoms with van der Waals surface area (Å²) in [6, 6.07) is -1.43. The van der Waals surface area contributed by atoms with Crippen LogP contribution in [-0.4, -0.2) is 64.6 Å². The standard InChI is InChI=1S/C14H26N2O5/c1-13(2,3)10(11(18)19)15-12(20)16-6-9(7-17)21-14(4,5)8-16/h9-10,17H,6-8H2,1-5H3,(H,15,20)(H,18,19). The molecule has 0 aromatic heterocycles. The predicted molar refractivity (Wildman–Crippen MR) is 77.0 cm³/mol. The first-order valence-electron chi connectivity index (χ1n) is 7.03. The van der Waals surface area contributed by atoms with E-state index in [0.29, 0.717) is 6.54 Å². The number of aliphatic hydroxyl groups excluding tert-OH is 1. The van der Waals surface area contributed by atoms with E-state index in [2.05, 4.69) is 5.32 Å². The van der Waals surface area contributed by atoms with Crippen LogP contribution >= 0.6 is 0 Å². The number of nitrogens with one attached hydrogen (secondary N) is 1. The second-order valence-corrected chi connectivity index (χ2v) is 7.15. The van der Waals surface area contributed by atoms with Crippen LogP contribution in [0.3, 0.4) is 0 Å². The first-order chi connectivity index (χ1) is 9.46. The van der Waals surface area contributed by atoms with Gasteiger partial charge >= 0.3 is 12.0 Å². The van der Waals surface area contributed by atoms with Gasteiger partial charge in [-0.1, -0.05) is 20.8 Å². The second-order valence-electron chi connectivity index (χ2n) is 7.15. The Hall–Kier alpha value is -1.34. The molecule has 0 bridgehead atoms. The molecule has 0 spiro atoms. The number of nitrogens with zero attached hydrogens (tertiary/aromatic N) is 1. The van der Waals surface area contributed by atoms with Crippen molar-refractivity contribution >= 4 is 12.0 Å². The van der Waals surface area contributed by atoms with Gasteiger partial charge in [-0.2, -0.15) is 0 Å². The Bertz CT molecular complexity index is 403. The number of morpholine rings is 1. The van der Waals surface area contributed by atoms with E-state index in [1.807, 2.05) is 13.8 Å². The van der Waals surface area contributed by atoms with Crippen LogP contribution in [-0.2, 0) is 9.53 Å². The van der Waals surface area contributed by atoms with Crippen molar-refractivity contribution < 1.29 is 24.5 Å². The molecule has 0 aliphatic carbocycles. The van der Waals surface area contributed by atoms with Gasteiger partial charge in [-0.3, -0.25) is 0 Å². The molecule has 2 unspecified atom stereocenters. The molecular weight excluding hydrogens is 276 g/mol. The fourth-order valence-corrected chi connectivity index (χ4v) is 2.41. The van der Waals surface area contributed by atoms with Gasteiger partial charge in [-0.25, -0.2) is 9.59 Å². The Balaban J connectivity index is 2.80. The smallest absolute Gasteiger partial charge is 0.326 e. The Morgan fingerprint density at radius 2 is 2.00 bits per heavy atom. The maximum Gasteiger partial charge on any atom is 0.326 e. The molecule has 1 aliphatic heterocycles. The lowest BCUT2D eigenvalue weighted by Crippen LogP contribution is -2.60. The van der Waals surface area contributed by atoms with Gasteiger partial charge in [0, 0.05) is 0 Å². The summed E-state index contributed by atoms with van der Waals surface area (Å²) in [5, 5.41) is 21.1.